The third kappa shape index (κ3) is 3.19. The van der Waals surface area contributed by atoms with Gasteiger partial charge in [-0.1, -0.05) is 72.8 Å². The van der Waals surface area contributed by atoms with Crippen LogP contribution in [0.4, 0.5) is 0 Å². The second kappa shape index (κ2) is 7.85. The number of rotatable bonds is 4. The molecule has 1 aliphatic rings. The number of hydrogen-bond acceptors (Lipinski definition) is 4. The van der Waals surface area contributed by atoms with Gasteiger partial charge in [-0.25, -0.2) is 9.97 Å². The SMILES string of the molecule is O=C1c2ncn(Cc3ccc4ccccc4c3)c2C(=O)c2c1ncn2Cc1ccc2ccccc2c1. The second-order valence-corrected chi connectivity index (χ2v) is 9.16. The van der Waals surface area contributed by atoms with Gasteiger partial charge >= 0.3 is 0 Å². The van der Waals surface area contributed by atoms with Gasteiger partial charge in [-0.2, -0.15) is 0 Å². The molecule has 2 aromatic heterocycles. The molecule has 0 bridgehead atoms. The average molecular weight is 469 g/mol. The molecule has 0 unspecified atom stereocenters. The molecule has 0 fully saturated rings. The van der Waals surface area contributed by atoms with E-state index in [-0.39, 0.29) is 23.0 Å². The van der Waals surface area contributed by atoms with Crippen LogP contribution in [0.15, 0.2) is 97.6 Å². The van der Waals surface area contributed by atoms with Crippen LogP contribution in [0, 0.1) is 0 Å². The van der Waals surface area contributed by atoms with Crippen LogP contribution in [0.2, 0.25) is 0 Å². The predicted octanol–water partition coefficient (Wildman–Crippen LogP) is 5.26. The molecule has 2 heterocycles. The Hall–Kier alpha value is -4.84. The first-order chi connectivity index (χ1) is 17.7. The fraction of sp³-hybridized carbons (Fsp3) is 0.0667. The third-order valence-corrected chi connectivity index (χ3v) is 6.87. The smallest absolute Gasteiger partial charge is 0.234 e. The monoisotopic (exact) mass is 468 g/mol. The van der Waals surface area contributed by atoms with Gasteiger partial charge in [-0.05, 0) is 44.8 Å². The number of fused-ring (bicyclic) bond motifs is 4. The highest BCUT2D eigenvalue weighted by molar-refractivity contribution is 6.25. The molecule has 0 N–H and O–H groups in total. The van der Waals surface area contributed by atoms with Crippen molar-refractivity contribution in [2.24, 2.45) is 0 Å². The van der Waals surface area contributed by atoms with Crippen molar-refractivity contribution in [2.45, 2.75) is 13.1 Å². The van der Waals surface area contributed by atoms with Gasteiger partial charge in [-0.3, -0.25) is 9.59 Å². The number of ketones is 2. The van der Waals surface area contributed by atoms with Crippen LogP contribution < -0.4 is 0 Å². The predicted molar refractivity (Wildman–Crippen MR) is 137 cm³/mol. The Morgan fingerprint density at radius 1 is 0.528 bits per heavy atom. The molecule has 1 aliphatic carbocycles. The fourth-order valence-corrected chi connectivity index (χ4v) is 5.10. The maximum atomic E-state index is 13.7. The Labute approximate surface area is 206 Å². The maximum Gasteiger partial charge on any atom is 0.234 e. The summed E-state index contributed by atoms with van der Waals surface area (Å²) in [6.45, 7) is 0.890. The normalized spacial score (nSPS) is 12.8. The lowest BCUT2D eigenvalue weighted by Gasteiger charge is -2.16. The summed E-state index contributed by atoms with van der Waals surface area (Å²) in [5, 5.41) is 4.56. The molecule has 6 aromatic rings. The summed E-state index contributed by atoms with van der Waals surface area (Å²) in [6.07, 6.45) is 3.16. The highest BCUT2D eigenvalue weighted by atomic mass is 16.1. The summed E-state index contributed by atoms with van der Waals surface area (Å²) < 4.78 is 3.55. The molecule has 6 heteroatoms. The van der Waals surface area contributed by atoms with Crippen molar-refractivity contribution < 1.29 is 9.59 Å². The lowest BCUT2D eigenvalue weighted by molar-refractivity contribution is 0.0963. The minimum atomic E-state index is -0.311. The average Bonchev–Trinajstić information content (AvgIpc) is 3.52. The van der Waals surface area contributed by atoms with Crippen molar-refractivity contribution in [1.82, 2.24) is 19.1 Å². The molecule has 0 aliphatic heterocycles. The molecular weight excluding hydrogens is 448 g/mol. The first kappa shape index (κ1) is 20.5. The van der Waals surface area contributed by atoms with E-state index in [1.54, 1.807) is 21.8 Å². The molecule has 0 saturated heterocycles. The zero-order chi connectivity index (χ0) is 24.2. The van der Waals surface area contributed by atoms with Crippen molar-refractivity contribution in [3.63, 3.8) is 0 Å². The number of hydrogen-bond donors (Lipinski definition) is 0. The highest BCUT2D eigenvalue weighted by Gasteiger charge is 2.37. The largest absolute Gasteiger partial charge is 0.323 e. The van der Waals surface area contributed by atoms with Crippen molar-refractivity contribution >= 4 is 33.1 Å². The molecular formula is C30H20N4O2. The van der Waals surface area contributed by atoms with Gasteiger partial charge in [0, 0.05) is 13.1 Å². The Morgan fingerprint density at radius 3 is 1.44 bits per heavy atom. The topological polar surface area (TPSA) is 69.8 Å². The van der Waals surface area contributed by atoms with E-state index in [1.807, 2.05) is 36.4 Å². The summed E-state index contributed by atoms with van der Waals surface area (Å²) in [6, 6.07) is 28.7. The zero-order valence-electron chi connectivity index (χ0n) is 19.3. The van der Waals surface area contributed by atoms with Gasteiger partial charge in [0.25, 0.3) is 0 Å². The lowest BCUT2D eigenvalue weighted by Crippen LogP contribution is -2.26. The fourth-order valence-electron chi connectivity index (χ4n) is 5.10. The first-order valence-corrected chi connectivity index (χ1v) is 11.8. The first-order valence-electron chi connectivity index (χ1n) is 11.8. The van der Waals surface area contributed by atoms with Crippen LogP contribution >= 0.6 is 0 Å². The molecule has 0 radical (unpaired) electrons. The van der Waals surface area contributed by atoms with E-state index in [0.29, 0.717) is 24.5 Å². The number of aromatic nitrogens is 4. The number of benzene rings is 4. The van der Waals surface area contributed by atoms with Crippen LogP contribution in [0.3, 0.4) is 0 Å². The Kier molecular flexibility index (Phi) is 4.48. The van der Waals surface area contributed by atoms with Crippen LogP contribution in [-0.2, 0) is 13.1 Å². The quantitative estimate of drug-likeness (QED) is 0.353. The molecule has 172 valence electrons. The van der Waals surface area contributed by atoms with Crippen LogP contribution in [-0.4, -0.2) is 30.7 Å². The molecule has 0 amide bonds. The van der Waals surface area contributed by atoms with Gasteiger partial charge < -0.3 is 9.13 Å². The van der Waals surface area contributed by atoms with Gasteiger partial charge in [0.2, 0.25) is 11.6 Å². The highest BCUT2D eigenvalue weighted by Crippen LogP contribution is 2.28. The van der Waals surface area contributed by atoms with E-state index >= 15 is 0 Å². The minimum Gasteiger partial charge on any atom is -0.323 e. The Bertz CT molecular complexity index is 1710. The molecule has 7 rings (SSSR count). The van der Waals surface area contributed by atoms with Crippen LogP contribution in [0.1, 0.15) is 43.5 Å². The number of carbonyl (C=O) groups excluding carboxylic acids is 2. The molecule has 0 saturated carbocycles. The molecule has 0 spiro atoms. The molecule has 36 heavy (non-hydrogen) atoms. The molecule has 4 aromatic carbocycles. The van der Waals surface area contributed by atoms with Gasteiger partial charge in [0.15, 0.2) is 0 Å². The Balaban J connectivity index is 1.25. The van der Waals surface area contributed by atoms with Gasteiger partial charge in [0.1, 0.15) is 22.8 Å². The minimum absolute atomic E-state index is 0.171. The second-order valence-electron chi connectivity index (χ2n) is 9.16. The maximum absolute atomic E-state index is 13.7. The summed E-state index contributed by atoms with van der Waals surface area (Å²) >= 11 is 0. The number of nitrogens with zero attached hydrogens (tertiary/aromatic N) is 4. The Morgan fingerprint density at radius 2 is 0.972 bits per heavy atom. The standard InChI is InChI=1S/C30H20N4O2/c35-29-25-27(33(17-31-25)15-19-9-11-21-5-1-3-7-23(21)13-19)30(36)28-26(29)32-18-34(28)16-20-10-12-22-6-2-4-8-24(22)14-20/h1-14,17-18H,15-16H2. The van der Waals surface area contributed by atoms with Crippen molar-refractivity contribution in [1.29, 1.82) is 0 Å². The van der Waals surface area contributed by atoms with Gasteiger partial charge in [-0.15, -0.1) is 0 Å². The number of carbonyl (C=O) groups is 2. The summed E-state index contributed by atoms with van der Waals surface area (Å²) in [4.78, 5) is 35.6. The third-order valence-electron chi connectivity index (χ3n) is 6.87. The number of imidazole rings is 2. The van der Waals surface area contributed by atoms with Crippen molar-refractivity contribution in [3.05, 3.63) is 131 Å². The van der Waals surface area contributed by atoms with E-state index in [1.165, 1.54) is 0 Å². The van der Waals surface area contributed by atoms with Crippen LogP contribution in [0.5, 0.6) is 0 Å². The zero-order valence-corrected chi connectivity index (χ0v) is 19.3. The van der Waals surface area contributed by atoms with E-state index in [0.717, 1.165) is 32.7 Å². The summed E-state index contributed by atoms with van der Waals surface area (Å²) in [5.74, 6) is -0.537. The van der Waals surface area contributed by atoms with Crippen molar-refractivity contribution in [3.8, 4) is 0 Å². The van der Waals surface area contributed by atoms with Crippen LogP contribution in [0.25, 0.3) is 21.5 Å². The van der Waals surface area contributed by atoms with E-state index in [9.17, 15) is 9.59 Å². The van der Waals surface area contributed by atoms with Crippen molar-refractivity contribution in [2.75, 3.05) is 0 Å². The van der Waals surface area contributed by atoms with E-state index in [4.69, 9.17) is 0 Å². The lowest BCUT2D eigenvalue weighted by atomic mass is 9.98. The molecule has 0 atom stereocenters. The van der Waals surface area contributed by atoms with Gasteiger partial charge in [0.05, 0.1) is 12.7 Å². The summed E-state index contributed by atoms with van der Waals surface area (Å²) in [7, 11) is 0. The molecule has 6 nitrogen and oxygen atoms in total. The van der Waals surface area contributed by atoms with E-state index in [2.05, 4.69) is 58.5 Å². The summed E-state index contributed by atoms with van der Waals surface area (Å²) in [5.41, 5.74) is 3.05. The van der Waals surface area contributed by atoms with E-state index < -0.39 is 0 Å².